The fraction of sp³-hybridized carbons (Fsp3) is 0.667. The fourth-order valence-corrected chi connectivity index (χ4v) is 2.72. The Hall–Kier alpha value is -1.85. The average Bonchev–Trinajstić information content (AvgIpc) is 2.94. The molecule has 0 saturated heterocycles. The zero-order valence-corrected chi connectivity index (χ0v) is 13.0. The average molecular weight is 292 g/mol. The quantitative estimate of drug-likeness (QED) is 0.889. The predicted octanol–water partition coefficient (Wildman–Crippen LogP) is 1.32. The van der Waals surface area contributed by atoms with Crippen LogP contribution < -0.4 is 15.8 Å². The lowest BCUT2D eigenvalue weighted by atomic mass is 10.1. The second kappa shape index (κ2) is 6.74. The first-order valence-electron chi connectivity index (χ1n) is 7.59. The summed E-state index contributed by atoms with van der Waals surface area (Å²) < 4.78 is 1.29. The highest BCUT2D eigenvalue weighted by Gasteiger charge is 2.25. The van der Waals surface area contributed by atoms with Gasteiger partial charge >= 0.3 is 0 Å². The van der Waals surface area contributed by atoms with Gasteiger partial charge in [0.25, 0.3) is 5.56 Å². The van der Waals surface area contributed by atoms with Crippen molar-refractivity contribution >= 4 is 11.6 Å². The maximum atomic E-state index is 12.4. The molecule has 0 aliphatic heterocycles. The van der Waals surface area contributed by atoms with Gasteiger partial charge in [0.1, 0.15) is 6.04 Å². The number of anilines is 1. The second-order valence-corrected chi connectivity index (χ2v) is 5.81. The van der Waals surface area contributed by atoms with E-state index >= 15 is 0 Å². The molecule has 0 bridgehead atoms. The van der Waals surface area contributed by atoms with Crippen LogP contribution in [-0.2, 0) is 4.79 Å². The Kier molecular flexibility index (Phi) is 4.98. The molecule has 116 valence electrons. The Bertz CT molecular complexity index is 547. The summed E-state index contributed by atoms with van der Waals surface area (Å²) in [6.45, 7) is 1.90. The zero-order chi connectivity index (χ0) is 15.4. The van der Waals surface area contributed by atoms with Gasteiger partial charge in [-0.2, -0.15) is 5.10 Å². The first-order valence-corrected chi connectivity index (χ1v) is 7.59. The molecule has 0 radical (unpaired) electrons. The van der Waals surface area contributed by atoms with Gasteiger partial charge in [-0.3, -0.25) is 9.59 Å². The van der Waals surface area contributed by atoms with Gasteiger partial charge in [-0.25, -0.2) is 4.68 Å². The van der Waals surface area contributed by atoms with Crippen LogP contribution in [0.15, 0.2) is 17.1 Å². The summed E-state index contributed by atoms with van der Waals surface area (Å²) >= 11 is 0. The molecule has 21 heavy (non-hydrogen) atoms. The van der Waals surface area contributed by atoms with Crippen LogP contribution in [0.1, 0.15) is 45.1 Å². The molecular formula is C15H24N4O2. The number of hydrogen-bond acceptors (Lipinski definition) is 4. The van der Waals surface area contributed by atoms with E-state index in [9.17, 15) is 9.59 Å². The molecule has 1 aromatic rings. The number of nitrogens with zero attached hydrogens (tertiary/aromatic N) is 3. The summed E-state index contributed by atoms with van der Waals surface area (Å²) in [5.74, 6) is -0.100. The van der Waals surface area contributed by atoms with E-state index in [1.165, 1.54) is 10.7 Å². The number of rotatable bonds is 5. The number of carbonyl (C=O) groups is 1. The number of nitrogens with one attached hydrogen (secondary N) is 1. The molecule has 1 amide bonds. The van der Waals surface area contributed by atoms with Crippen LogP contribution in [0.25, 0.3) is 0 Å². The summed E-state index contributed by atoms with van der Waals surface area (Å²) in [5.41, 5.74) is 0.497. The van der Waals surface area contributed by atoms with E-state index < -0.39 is 6.04 Å². The van der Waals surface area contributed by atoms with Gasteiger partial charge in [-0.05, 0) is 19.3 Å². The summed E-state index contributed by atoms with van der Waals surface area (Å²) in [5, 5.41) is 7.21. The smallest absolute Gasteiger partial charge is 0.269 e. The molecule has 1 aromatic heterocycles. The topological polar surface area (TPSA) is 67.2 Å². The summed E-state index contributed by atoms with van der Waals surface area (Å²) in [4.78, 5) is 26.4. The van der Waals surface area contributed by atoms with Crippen LogP contribution >= 0.6 is 0 Å². The highest BCUT2D eigenvalue weighted by atomic mass is 16.2. The predicted molar refractivity (Wildman–Crippen MR) is 82.6 cm³/mol. The van der Waals surface area contributed by atoms with Gasteiger partial charge in [0.2, 0.25) is 5.91 Å². The van der Waals surface area contributed by atoms with Crippen LogP contribution in [0.4, 0.5) is 5.69 Å². The molecule has 1 saturated carbocycles. The van der Waals surface area contributed by atoms with E-state index in [-0.39, 0.29) is 17.5 Å². The van der Waals surface area contributed by atoms with E-state index in [0.29, 0.717) is 6.42 Å². The monoisotopic (exact) mass is 292 g/mol. The first kappa shape index (κ1) is 15.5. The fourth-order valence-electron chi connectivity index (χ4n) is 2.72. The van der Waals surface area contributed by atoms with Crippen molar-refractivity contribution in [2.45, 2.75) is 51.1 Å². The molecule has 0 spiro atoms. The molecule has 1 aliphatic carbocycles. The summed E-state index contributed by atoms with van der Waals surface area (Å²) in [6.07, 6.45) is 6.56. The third-order valence-electron chi connectivity index (χ3n) is 4.01. The Morgan fingerprint density at radius 2 is 2.14 bits per heavy atom. The maximum absolute atomic E-state index is 12.4. The molecule has 0 aromatic carbocycles. The van der Waals surface area contributed by atoms with Crippen molar-refractivity contribution in [1.29, 1.82) is 0 Å². The molecule has 2 rings (SSSR count). The number of amides is 1. The lowest BCUT2D eigenvalue weighted by Crippen LogP contribution is -2.41. The Morgan fingerprint density at radius 1 is 1.48 bits per heavy atom. The largest absolute Gasteiger partial charge is 0.376 e. The van der Waals surface area contributed by atoms with Crippen LogP contribution in [0, 0.1) is 0 Å². The molecule has 6 nitrogen and oxygen atoms in total. The molecule has 1 N–H and O–H groups in total. The molecule has 0 unspecified atom stereocenters. The highest BCUT2D eigenvalue weighted by molar-refractivity contribution is 5.80. The van der Waals surface area contributed by atoms with Crippen molar-refractivity contribution in [2.75, 3.05) is 19.0 Å². The van der Waals surface area contributed by atoms with E-state index in [2.05, 4.69) is 10.4 Å². The molecule has 1 aliphatic rings. The van der Waals surface area contributed by atoms with Crippen LogP contribution in [0.2, 0.25) is 0 Å². The van der Waals surface area contributed by atoms with Crippen LogP contribution in [0.5, 0.6) is 0 Å². The van der Waals surface area contributed by atoms with Gasteiger partial charge < -0.3 is 10.2 Å². The van der Waals surface area contributed by atoms with Crippen molar-refractivity contribution in [3.63, 3.8) is 0 Å². The highest BCUT2D eigenvalue weighted by Crippen LogP contribution is 2.19. The molecule has 1 heterocycles. The van der Waals surface area contributed by atoms with E-state index in [1.54, 1.807) is 6.20 Å². The Labute approximate surface area is 125 Å². The Morgan fingerprint density at radius 3 is 2.67 bits per heavy atom. The van der Waals surface area contributed by atoms with Gasteiger partial charge in [0.15, 0.2) is 0 Å². The van der Waals surface area contributed by atoms with Crippen molar-refractivity contribution in [3.05, 3.63) is 22.6 Å². The maximum Gasteiger partial charge on any atom is 0.269 e. The molecular weight excluding hydrogens is 268 g/mol. The third-order valence-corrected chi connectivity index (χ3v) is 4.01. The van der Waals surface area contributed by atoms with Gasteiger partial charge in [-0.1, -0.05) is 19.8 Å². The molecule has 1 fully saturated rings. The SMILES string of the molecule is CC[C@@H](C(=O)NC1CCCC1)n1ncc(N(C)C)cc1=O. The molecule has 1 atom stereocenters. The van der Waals surface area contributed by atoms with Crippen molar-refractivity contribution in [1.82, 2.24) is 15.1 Å². The van der Waals surface area contributed by atoms with Crippen molar-refractivity contribution < 1.29 is 4.79 Å². The second-order valence-electron chi connectivity index (χ2n) is 5.81. The minimum absolute atomic E-state index is 0.100. The van der Waals surface area contributed by atoms with E-state index in [0.717, 1.165) is 31.4 Å². The number of aromatic nitrogens is 2. The van der Waals surface area contributed by atoms with Gasteiger partial charge in [-0.15, -0.1) is 0 Å². The number of carbonyl (C=O) groups excluding carboxylic acids is 1. The summed E-state index contributed by atoms with van der Waals surface area (Å²) in [7, 11) is 3.70. The van der Waals surface area contributed by atoms with E-state index in [1.807, 2.05) is 25.9 Å². The van der Waals surface area contributed by atoms with Gasteiger partial charge in [0.05, 0.1) is 11.9 Å². The summed E-state index contributed by atoms with van der Waals surface area (Å²) in [6, 6.07) is 1.23. The lowest BCUT2D eigenvalue weighted by Gasteiger charge is -2.20. The van der Waals surface area contributed by atoms with Crippen molar-refractivity contribution in [2.24, 2.45) is 0 Å². The van der Waals surface area contributed by atoms with E-state index in [4.69, 9.17) is 0 Å². The minimum atomic E-state index is -0.533. The molecule has 6 heteroatoms. The van der Waals surface area contributed by atoms with Gasteiger partial charge in [0, 0.05) is 26.2 Å². The van der Waals surface area contributed by atoms with Crippen LogP contribution in [0.3, 0.4) is 0 Å². The minimum Gasteiger partial charge on any atom is -0.376 e. The number of hydrogen-bond donors (Lipinski definition) is 1. The Balaban J connectivity index is 2.16. The standard InChI is InChI=1S/C15H24N4O2/c1-4-13(15(21)17-11-7-5-6-8-11)19-14(20)9-12(10-16-19)18(2)3/h9-11,13H,4-8H2,1-3H3,(H,17,21)/t13-/m0/s1. The zero-order valence-electron chi connectivity index (χ0n) is 13.0. The normalized spacial score (nSPS) is 16.7. The van der Waals surface area contributed by atoms with Crippen LogP contribution in [-0.4, -0.2) is 35.8 Å². The lowest BCUT2D eigenvalue weighted by molar-refractivity contribution is -0.125. The third kappa shape index (κ3) is 3.62. The van der Waals surface area contributed by atoms with Crippen molar-refractivity contribution in [3.8, 4) is 0 Å². The first-order chi connectivity index (χ1) is 10.0.